The molecule has 19 heavy (non-hydrogen) atoms. The van der Waals surface area contributed by atoms with E-state index in [0.717, 1.165) is 41.5 Å². The number of nitrogens with zero attached hydrogens (tertiary/aromatic N) is 3. The van der Waals surface area contributed by atoms with Crippen molar-refractivity contribution >= 4 is 10.8 Å². The zero-order chi connectivity index (χ0) is 14.2. The molecule has 0 unspecified atom stereocenters. The Balaban J connectivity index is 2.82. The number of aryl methyl sites for hydroxylation is 3. The van der Waals surface area contributed by atoms with Gasteiger partial charge in [-0.25, -0.2) is 4.68 Å². The summed E-state index contributed by atoms with van der Waals surface area (Å²) in [6.07, 6.45) is 2.22. The lowest BCUT2D eigenvalue weighted by Crippen LogP contribution is -2.20. The van der Waals surface area contributed by atoms with Gasteiger partial charge < -0.3 is 9.30 Å². The van der Waals surface area contributed by atoms with Crippen LogP contribution in [0, 0.1) is 13.8 Å². The summed E-state index contributed by atoms with van der Waals surface area (Å²) >= 11 is 0. The van der Waals surface area contributed by atoms with Gasteiger partial charge in [0.15, 0.2) is 0 Å². The van der Waals surface area contributed by atoms with Crippen molar-refractivity contribution < 1.29 is 4.74 Å². The van der Waals surface area contributed by atoms with E-state index in [2.05, 4.69) is 16.6 Å². The van der Waals surface area contributed by atoms with Crippen LogP contribution in [0.1, 0.15) is 31.2 Å². The Morgan fingerprint density at radius 1 is 1.21 bits per heavy atom. The van der Waals surface area contributed by atoms with Gasteiger partial charge in [-0.2, -0.15) is 0 Å². The molecule has 2 heterocycles. The third kappa shape index (κ3) is 2.03. The van der Waals surface area contributed by atoms with Gasteiger partial charge in [-0.3, -0.25) is 4.79 Å². The van der Waals surface area contributed by atoms with Crippen molar-refractivity contribution in [2.45, 2.75) is 40.2 Å². The zero-order valence-electron chi connectivity index (χ0n) is 12.3. The Kier molecular flexibility index (Phi) is 3.64. The predicted octanol–water partition coefficient (Wildman–Crippen LogP) is 2.16. The summed E-state index contributed by atoms with van der Waals surface area (Å²) < 4.78 is 8.87. The molecule has 2 aromatic heterocycles. The van der Waals surface area contributed by atoms with Gasteiger partial charge in [-0.15, -0.1) is 5.10 Å². The number of methoxy groups -OCH3 is 1. The van der Waals surface area contributed by atoms with Gasteiger partial charge in [0.25, 0.3) is 5.56 Å². The fourth-order valence-electron chi connectivity index (χ4n) is 2.59. The summed E-state index contributed by atoms with van der Waals surface area (Å²) in [6, 6.07) is 0. The van der Waals surface area contributed by atoms with Crippen molar-refractivity contribution in [3.05, 3.63) is 21.7 Å². The molecule has 0 bridgehead atoms. The Hall–Kier alpha value is -1.78. The minimum atomic E-state index is -0.0633. The first-order valence-electron chi connectivity index (χ1n) is 6.63. The van der Waals surface area contributed by atoms with Crippen molar-refractivity contribution in [2.24, 2.45) is 7.05 Å². The van der Waals surface area contributed by atoms with Crippen LogP contribution in [0.5, 0.6) is 5.88 Å². The molecule has 0 saturated carbocycles. The number of fused-ring (bicyclic) bond motifs is 1. The van der Waals surface area contributed by atoms with E-state index in [1.165, 1.54) is 4.68 Å². The molecule has 0 fully saturated rings. The maximum atomic E-state index is 12.3. The molecule has 0 aliphatic rings. The van der Waals surface area contributed by atoms with Crippen LogP contribution >= 0.6 is 0 Å². The fraction of sp³-hybridized carbons (Fsp3) is 0.571. The summed E-state index contributed by atoms with van der Waals surface area (Å²) in [6.45, 7) is 7.10. The number of aromatic nitrogens is 3. The highest BCUT2D eigenvalue weighted by Gasteiger charge is 2.19. The monoisotopic (exact) mass is 263 g/mol. The van der Waals surface area contributed by atoms with E-state index < -0.39 is 0 Å². The van der Waals surface area contributed by atoms with Crippen LogP contribution in [0.4, 0.5) is 0 Å². The van der Waals surface area contributed by atoms with Gasteiger partial charge >= 0.3 is 0 Å². The molecule has 0 atom stereocenters. The third-order valence-corrected chi connectivity index (χ3v) is 3.67. The molecule has 0 radical (unpaired) electrons. The average Bonchev–Trinajstić information content (AvgIpc) is 2.64. The molecule has 2 rings (SSSR count). The normalized spacial score (nSPS) is 11.2. The van der Waals surface area contributed by atoms with Crippen LogP contribution in [0.25, 0.3) is 10.8 Å². The summed E-state index contributed by atoms with van der Waals surface area (Å²) in [7, 11) is 3.24. The van der Waals surface area contributed by atoms with E-state index in [0.29, 0.717) is 5.88 Å². The SMILES string of the molecule is CCCCn1c(C)c2c(OC)nn(C)c(=O)c2c1C. The molecule has 0 aliphatic heterocycles. The van der Waals surface area contributed by atoms with Crippen LogP contribution in [0.2, 0.25) is 0 Å². The largest absolute Gasteiger partial charge is 0.479 e. The number of hydrogen-bond acceptors (Lipinski definition) is 3. The number of rotatable bonds is 4. The minimum absolute atomic E-state index is 0.0633. The lowest BCUT2D eigenvalue weighted by Gasteiger charge is -2.07. The third-order valence-electron chi connectivity index (χ3n) is 3.67. The molecule has 0 aromatic carbocycles. The predicted molar refractivity (Wildman–Crippen MR) is 75.9 cm³/mol. The van der Waals surface area contributed by atoms with E-state index in [1.54, 1.807) is 14.2 Å². The smallest absolute Gasteiger partial charge is 0.276 e. The topological polar surface area (TPSA) is 49.0 Å². The Bertz CT molecular complexity index is 668. The maximum absolute atomic E-state index is 12.3. The quantitative estimate of drug-likeness (QED) is 0.849. The van der Waals surface area contributed by atoms with Crippen LogP contribution < -0.4 is 10.3 Å². The van der Waals surface area contributed by atoms with Crippen LogP contribution in [-0.4, -0.2) is 21.5 Å². The Morgan fingerprint density at radius 3 is 2.42 bits per heavy atom. The first-order valence-corrected chi connectivity index (χ1v) is 6.63. The van der Waals surface area contributed by atoms with Crippen LogP contribution in [-0.2, 0) is 13.6 Å². The molecule has 0 saturated heterocycles. The van der Waals surface area contributed by atoms with Gasteiger partial charge in [-0.1, -0.05) is 13.3 Å². The molecule has 5 heteroatoms. The summed E-state index contributed by atoms with van der Waals surface area (Å²) in [5, 5.41) is 5.75. The number of ether oxygens (including phenoxy) is 1. The second-order valence-electron chi connectivity index (χ2n) is 4.86. The van der Waals surface area contributed by atoms with Crippen molar-refractivity contribution in [2.75, 3.05) is 7.11 Å². The molecule has 0 N–H and O–H groups in total. The molecule has 0 spiro atoms. The van der Waals surface area contributed by atoms with E-state index in [9.17, 15) is 4.79 Å². The standard InChI is InChI=1S/C14H21N3O2/c1-6-7-8-17-9(2)11-12(10(17)3)14(18)16(4)15-13(11)19-5/h6-8H2,1-5H3. The van der Waals surface area contributed by atoms with Gasteiger partial charge in [0.1, 0.15) is 0 Å². The highest BCUT2D eigenvalue weighted by Crippen LogP contribution is 2.29. The van der Waals surface area contributed by atoms with Crippen molar-refractivity contribution in [1.82, 2.24) is 14.3 Å². The first kappa shape index (κ1) is 13.6. The van der Waals surface area contributed by atoms with E-state index in [4.69, 9.17) is 4.74 Å². The highest BCUT2D eigenvalue weighted by atomic mass is 16.5. The first-order chi connectivity index (χ1) is 9.02. The molecular formula is C14H21N3O2. The Labute approximate surface area is 112 Å². The minimum Gasteiger partial charge on any atom is -0.479 e. The fourth-order valence-corrected chi connectivity index (χ4v) is 2.59. The van der Waals surface area contributed by atoms with E-state index in [1.807, 2.05) is 13.8 Å². The molecular weight excluding hydrogens is 242 g/mol. The second-order valence-corrected chi connectivity index (χ2v) is 4.86. The summed E-state index contributed by atoms with van der Waals surface area (Å²) in [5.74, 6) is 0.521. The van der Waals surface area contributed by atoms with Crippen molar-refractivity contribution in [3.8, 4) is 5.88 Å². The number of hydrogen-bond donors (Lipinski definition) is 0. The maximum Gasteiger partial charge on any atom is 0.276 e. The van der Waals surface area contributed by atoms with Crippen LogP contribution in [0.15, 0.2) is 4.79 Å². The van der Waals surface area contributed by atoms with E-state index in [-0.39, 0.29) is 5.56 Å². The van der Waals surface area contributed by atoms with Gasteiger partial charge in [0.05, 0.1) is 17.9 Å². The molecule has 0 aliphatic carbocycles. The Morgan fingerprint density at radius 2 is 1.84 bits per heavy atom. The van der Waals surface area contributed by atoms with E-state index >= 15 is 0 Å². The molecule has 0 amide bonds. The molecule has 104 valence electrons. The van der Waals surface area contributed by atoms with Crippen LogP contribution in [0.3, 0.4) is 0 Å². The van der Waals surface area contributed by atoms with Gasteiger partial charge in [-0.05, 0) is 20.3 Å². The van der Waals surface area contributed by atoms with Crippen molar-refractivity contribution in [3.63, 3.8) is 0 Å². The lowest BCUT2D eigenvalue weighted by atomic mass is 10.2. The van der Waals surface area contributed by atoms with Gasteiger partial charge in [0, 0.05) is 25.0 Å². The average molecular weight is 263 g/mol. The number of unbranched alkanes of at least 4 members (excludes halogenated alkanes) is 1. The second kappa shape index (κ2) is 5.07. The zero-order valence-corrected chi connectivity index (χ0v) is 12.3. The highest BCUT2D eigenvalue weighted by molar-refractivity contribution is 5.91. The summed E-state index contributed by atoms with van der Waals surface area (Å²) in [5.41, 5.74) is 2.00. The van der Waals surface area contributed by atoms with Crippen molar-refractivity contribution in [1.29, 1.82) is 0 Å². The summed E-state index contributed by atoms with van der Waals surface area (Å²) in [4.78, 5) is 12.3. The molecule has 5 nitrogen and oxygen atoms in total. The van der Waals surface area contributed by atoms with Gasteiger partial charge in [0.2, 0.25) is 5.88 Å². The molecule has 2 aromatic rings. The lowest BCUT2D eigenvalue weighted by molar-refractivity contribution is 0.388.